The summed E-state index contributed by atoms with van der Waals surface area (Å²) in [4.78, 5) is 4.00. The van der Waals surface area contributed by atoms with Gasteiger partial charge in [0, 0.05) is 16.1 Å². The lowest BCUT2D eigenvalue weighted by Gasteiger charge is -2.17. The van der Waals surface area contributed by atoms with E-state index in [1.165, 1.54) is 12.3 Å². The van der Waals surface area contributed by atoms with Crippen molar-refractivity contribution in [2.45, 2.75) is 26.0 Å². The van der Waals surface area contributed by atoms with E-state index in [0.717, 1.165) is 0 Å². The number of hydrogen-bond donors (Lipinski definition) is 1. The van der Waals surface area contributed by atoms with Gasteiger partial charge < -0.3 is 9.67 Å². The number of aliphatic hydroxyl groups is 1. The number of rotatable bonds is 3. The van der Waals surface area contributed by atoms with E-state index in [4.69, 9.17) is 11.6 Å². The second kappa shape index (κ2) is 5.61. The molecule has 1 N–H and O–H groups in total. The van der Waals surface area contributed by atoms with Crippen LogP contribution < -0.4 is 0 Å². The molecule has 0 spiro atoms. The number of halogens is 3. The summed E-state index contributed by atoms with van der Waals surface area (Å²) in [5.74, 6) is -0.625. The highest BCUT2D eigenvalue weighted by Gasteiger charge is 2.22. The molecule has 0 radical (unpaired) electrons. The molecule has 1 atom stereocenters. The van der Waals surface area contributed by atoms with E-state index < -0.39 is 11.9 Å². The number of benzene rings is 1. The van der Waals surface area contributed by atoms with E-state index in [-0.39, 0.29) is 16.6 Å². The van der Waals surface area contributed by atoms with Gasteiger partial charge in [-0.1, -0.05) is 17.7 Å². The summed E-state index contributed by atoms with van der Waals surface area (Å²) in [6.07, 6.45) is 2.04. The number of hydrogen-bond acceptors (Lipinski definition) is 2. The van der Waals surface area contributed by atoms with Crippen LogP contribution in [0, 0.1) is 5.82 Å². The smallest absolute Gasteiger partial charge is 0.149 e. The van der Waals surface area contributed by atoms with Crippen LogP contribution >= 0.6 is 27.5 Å². The quantitative estimate of drug-likeness (QED) is 0.849. The monoisotopic (exact) mass is 346 g/mol. The van der Waals surface area contributed by atoms with Crippen molar-refractivity contribution in [1.82, 2.24) is 9.55 Å². The zero-order chi connectivity index (χ0) is 14.2. The SMILES string of the molecule is CC(C)n1cncc1C(O)c1ccc(Br)c(Cl)c1F. The predicted octanol–water partition coefficient (Wildman–Crippen LogP) is 4.10. The van der Waals surface area contributed by atoms with E-state index >= 15 is 0 Å². The molecule has 0 fully saturated rings. The van der Waals surface area contributed by atoms with Gasteiger partial charge in [0.05, 0.1) is 23.2 Å². The van der Waals surface area contributed by atoms with Gasteiger partial charge in [-0.05, 0) is 35.8 Å². The third kappa shape index (κ3) is 2.68. The lowest BCUT2D eigenvalue weighted by Crippen LogP contribution is -2.11. The highest BCUT2D eigenvalue weighted by Crippen LogP contribution is 2.33. The largest absolute Gasteiger partial charge is 0.382 e. The molecule has 0 amide bonds. The van der Waals surface area contributed by atoms with Crippen molar-refractivity contribution in [1.29, 1.82) is 0 Å². The third-order valence-electron chi connectivity index (χ3n) is 2.89. The topological polar surface area (TPSA) is 38.0 Å². The summed E-state index contributed by atoms with van der Waals surface area (Å²) in [5, 5.41) is 10.3. The molecule has 0 aliphatic heterocycles. The van der Waals surface area contributed by atoms with Crippen molar-refractivity contribution in [2.24, 2.45) is 0 Å². The molecule has 1 aromatic heterocycles. The van der Waals surface area contributed by atoms with E-state index in [0.29, 0.717) is 10.2 Å². The summed E-state index contributed by atoms with van der Waals surface area (Å²) in [5.41, 5.74) is 0.669. The van der Waals surface area contributed by atoms with Crippen LogP contribution in [0.15, 0.2) is 29.1 Å². The molecule has 1 heterocycles. The fraction of sp³-hybridized carbons (Fsp3) is 0.308. The Morgan fingerprint density at radius 2 is 2.11 bits per heavy atom. The first kappa shape index (κ1) is 14.5. The maximum Gasteiger partial charge on any atom is 0.149 e. The van der Waals surface area contributed by atoms with Crippen LogP contribution in [-0.2, 0) is 0 Å². The number of aliphatic hydroxyl groups excluding tert-OH is 1. The van der Waals surface area contributed by atoms with Crippen LogP contribution in [0.2, 0.25) is 5.02 Å². The number of aromatic nitrogens is 2. The Morgan fingerprint density at radius 1 is 1.42 bits per heavy atom. The number of nitrogens with zero attached hydrogens (tertiary/aromatic N) is 2. The van der Waals surface area contributed by atoms with Crippen molar-refractivity contribution in [3.05, 3.63) is 51.2 Å². The molecule has 0 saturated carbocycles. The summed E-state index contributed by atoms with van der Waals surface area (Å²) >= 11 is 8.98. The van der Waals surface area contributed by atoms with Crippen LogP contribution in [-0.4, -0.2) is 14.7 Å². The van der Waals surface area contributed by atoms with Gasteiger partial charge in [-0.2, -0.15) is 0 Å². The standard InChI is InChI=1S/C13H13BrClFN2O/c1-7(2)18-6-17-5-10(18)13(19)8-3-4-9(14)11(15)12(8)16/h3-7,13,19H,1-2H3. The molecule has 0 bridgehead atoms. The third-order valence-corrected chi connectivity index (χ3v) is 4.15. The van der Waals surface area contributed by atoms with Crippen LogP contribution in [0.3, 0.4) is 0 Å². The average molecular weight is 348 g/mol. The van der Waals surface area contributed by atoms with Crippen molar-refractivity contribution >= 4 is 27.5 Å². The van der Waals surface area contributed by atoms with Crippen molar-refractivity contribution in [3.63, 3.8) is 0 Å². The number of imidazole rings is 1. The van der Waals surface area contributed by atoms with Crippen molar-refractivity contribution in [3.8, 4) is 0 Å². The first-order chi connectivity index (χ1) is 8.93. The Hall–Kier alpha value is -0.910. The second-order valence-electron chi connectivity index (χ2n) is 4.49. The van der Waals surface area contributed by atoms with Crippen LogP contribution in [0.1, 0.15) is 37.3 Å². The summed E-state index contributed by atoms with van der Waals surface area (Å²) in [6, 6.07) is 3.24. The van der Waals surface area contributed by atoms with Gasteiger partial charge in [0.1, 0.15) is 11.9 Å². The predicted molar refractivity (Wildman–Crippen MR) is 75.8 cm³/mol. The zero-order valence-corrected chi connectivity index (χ0v) is 12.8. The Bertz CT molecular complexity index is 600. The van der Waals surface area contributed by atoms with E-state index in [2.05, 4.69) is 20.9 Å². The molecule has 6 heteroatoms. The molecule has 102 valence electrons. The normalized spacial score (nSPS) is 13.0. The summed E-state index contributed by atoms with van der Waals surface area (Å²) < 4.78 is 16.3. The minimum Gasteiger partial charge on any atom is -0.382 e. The van der Waals surface area contributed by atoms with Crippen LogP contribution in [0.4, 0.5) is 4.39 Å². The Balaban J connectivity index is 2.47. The van der Waals surface area contributed by atoms with Gasteiger partial charge in [0.25, 0.3) is 0 Å². The summed E-state index contributed by atoms with van der Waals surface area (Å²) in [6.45, 7) is 3.92. The zero-order valence-electron chi connectivity index (χ0n) is 10.4. The maximum atomic E-state index is 14.1. The molecule has 1 aromatic carbocycles. The van der Waals surface area contributed by atoms with Crippen molar-refractivity contribution in [2.75, 3.05) is 0 Å². The summed E-state index contributed by atoms with van der Waals surface area (Å²) in [7, 11) is 0. The van der Waals surface area contributed by atoms with Gasteiger partial charge in [0.2, 0.25) is 0 Å². The Kier molecular flexibility index (Phi) is 4.28. The molecule has 0 aliphatic rings. The van der Waals surface area contributed by atoms with Gasteiger partial charge in [-0.15, -0.1) is 0 Å². The molecule has 3 nitrogen and oxygen atoms in total. The molecule has 0 aliphatic carbocycles. The van der Waals surface area contributed by atoms with E-state index in [1.807, 2.05) is 13.8 Å². The Morgan fingerprint density at radius 3 is 2.74 bits per heavy atom. The van der Waals surface area contributed by atoms with Crippen molar-refractivity contribution < 1.29 is 9.50 Å². The molecule has 1 unspecified atom stereocenters. The molecular formula is C13H13BrClFN2O. The highest BCUT2D eigenvalue weighted by atomic mass is 79.9. The fourth-order valence-electron chi connectivity index (χ4n) is 1.87. The lowest BCUT2D eigenvalue weighted by molar-refractivity contribution is 0.203. The molecule has 2 rings (SSSR count). The molecule has 0 saturated heterocycles. The van der Waals surface area contributed by atoms with Crippen LogP contribution in [0.25, 0.3) is 0 Å². The first-order valence-corrected chi connectivity index (χ1v) is 6.93. The van der Waals surface area contributed by atoms with E-state index in [9.17, 15) is 9.50 Å². The molecular weight excluding hydrogens is 335 g/mol. The van der Waals surface area contributed by atoms with Crippen LogP contribution in [0.5, 0.6) is 0 Å². The Labute approximate surface area is 124 Å². The van der Waals surface area contributed by atoms with Gasteiger partial charge in [-0.3, -0.25) is 0 Å². The lowest BCUT2D eigenvalue weighted by atomic mass is 10.1. The first-order valence-electron chi connectivity index (χ1n) is 5.76. The molecule has 19 heavy (non-hydrogen) atoms. The minimum absolute atomic E-state index is 0.0350. The maximum absolute atomic E-state index is 14.1. The van der Waals surface area contributed by atoms with Gasteiger partial charge in [-0.25, -0.2) is 9.37 Å². The molecule has 2 aromatic rings. The van der Waals surface area contributed by atoms with Gasteiger partial charge in [0.15, 0.2) is 0 Å². The van der Waals surface area contributed by atoms with Gasteiger partial charge >= 0.3 is 0 Å². The van der Waals surface area contributed by atoms with E-state index in [1.54, 1.807) is 17.0 Å². The fourth-order valence-corrected chi connectivity index (χ4v) is 2.35. The minimum atomic E-state index is -1.10. The average Bonchev–Trinajstić information content (AvgIpc) is 2.84. The second-order valence-corrected chi connectivity index (χ2v) is 5.72. The highest BCUT2D eigenvalue weighted by molar-refractivity contribution is 9.10.